The molecule has 35 heavy (non-hydrogen) atoms. The summed E-state index contributed by atoms with van der Waals surface area (Å²) in [5.41, 5.74) is 4.32. The normalized spacial score (nSPS) is 17.1. The van der Waals surface area contributed by atoms with E-state index in [0.29, 0.717) is 11.3 Å². The first-order chi connectivity index (χ1) is 17.1. The number of piperazine rings is 1. The molecule has 2 saturated heterocycles. The molecule has 2 aromatic carbocycles. The van der Waals surface area contributed by atoms with E-state index in [1.807, 2.05) is 52.2 Å². The highest BCUT2D eigenvalue weighted by molar-refractivity contribution is 6.00. The number of hydrogen-bond donors (Lipinski definition) is 0. The topological polar surface area (TPSA) is 53.8 Å². The van der Waals surface area contributed by atoms with Crippen molar-refractivity contribution in [2.24, 2.45) is 0 Å². The van der Waals surface area contributed by atoms with E-state index in [9.17, 15) is 4.79 Å². The van der Waals surface area contributed by atoms with Crippen LogP contribution in [0.2, 0.25) is 0 Å². The van der Waals surface area contributed by atoms with Crippen LogP contribution in [0, 0.1) is 6.92 Å². The van der Waals surface area contributed by atoms with Crippen molar-refractivity contribution in [3.8, 4) is 22.7 Å². The molecule has 2 aliphatic heterocycles. The van der Waals surface area contributed by atoms with E-state index in [0.717, 1.165) is 56.3 Å². The average Bonchev–Trinajstić information content (AvgIpc) is 3.58. The number of hydrogen-bond acceptors (Lipinski definition) is 5. The van der Waals surface area contributed by atoms with Gasteiger partial charge in [-0.15, -0.1) is 0 Å². The van der Waals surface area contributed by atoms with Crippen molar-refractivity contribution in [1.29, 1.82) is 0 Å². The maximum Gasteiger partial charge on any atom is 0.257 e. The Morgan fingerprint density at radius 2 is 1.60 bits per heavy atom. The van der Waals surface area contributed by atoms with Gasteiger partial charge in [-0.3, -0.25) is 9.69 Å². The smallest absolute Gasteiger partial charge is 0.257 e. The van der Waals surface area contributed by atoms with Crippen LogP contribution in [-0.4, -0.2) is 89.9 Å². The van der Waals surface area contributed by atoms with Crippen LogP contribution in [0.5, 0.6) is 5.75 Å². The fraction of sp³-hybridized carbons (Fsp3) is 0.429. The van der Waals surface area contributed by atoms with E-state index in [1.165, 1.54) is 31.5 Å². The van der Waals surface area contributed by atoms with Crippen molar-refractivity contribution in [2.75, 3.05) is 59.5 Å². The molecule has 1 aromatic heterocycles. The lowest BCUT2D eigenvalue weighted by atomic mass is 10.1. The number of aryl methyl sites for hydroxylation is 1. The Bertz CT molecular complexity index is 1140. The predicted molar refractivity (Wildman–Crippen MR) is 138 cm³/mol. The highest BCUT2D eigenvalue weighted by atomic mass is 16.5. The monoisotopic (exact) mass is 473 g/mol. The molecule has 0 atom stereocenters. The molecule has 184 valence electrons. The molecule has 0 radical (unpaired) electrons. The van der Waals surface area contributed by atoms with Crippen molar-refractivity contribution < 1.29 is 9.53 Å². The highest BCUT2D eigenvalue weighted by Crippen LogP contribution is 2.28. The van der Waals surface area contributed by atoms with Gasteiger partial charge in [0.1, 0.15) is 11.4 Å². The van der Waals surface area contributed by atoms with Crippen molar-refractivity contribution in [3.05, 3.63) is 65.9 Å². The first kappa shape index (κ1) is 23.6. The number of methoxy groups -OCH3 is 1. The summed E-state index contributed by atoms with van der Waals surface area (Å²) in [6.07, 6.45) is 4.53. The van der Waals surface area contributed by atoms with Gasteiger partial charge in [-0.05, 0) is 57.1 Å². The average molecular weight is 474 g/mol. The molecular formula is C28H35N5O2. The summed E-state index contributed by atoms with van der Waals surface area (Å²) >= 11 is 0. The molecular weight excluding hydrogens is 438 g/mol. The zero-order valence-corrected chi connectivity index (χ0v) is 20.8. The number of carbonyl (C=O) groups is 1. The van der Waals surface area contributed by atoms with Gasteiger partial charge in [-0.1, -0.05) is 29.8 Å². The third kappa shape index (κ3) is 5.41. The fourth-order valence-electron chi connectivity index (χ4n) is 4.98. The van der Waals surface area contributed by atoms with Crippen LogP contribution in [0.3, 0.4) is 0 Å². The molecule has 0 saturated carbocycles. The summed E-state index contributed by atoms with van der Waals surface area (Å²) in [5, 5.41) is 4.86. The molecule has 2 fully saturated rings. The summed E-state index contributed by atoms with van der Waals surface area (Å²) in [6, 6.07) is 16.0. The second-order valence-electron chi connectivity index (χ2n) is 9.59. The maximum atomic E-state index is 13.7. The number of benzene rings is 2. The first-order valence-electron chi connectivity index (χ1n) is 12.7. The minimum atomic E-state index is 0.0420. The molecule has 0 spiro atoms. The lowest BCUT2D eigenvalue weighted by Crippen LogP contribution is -2.50. The fourth-order valence-corrected chi connectivity index (χ4v) is 4.98. The SMILES string of the molecule is COc1cccc(-c2nn(-c3ccc(C)cc3)cc2C(=O)N2CCN(CCN3CCCC3)CC2)c1. The Morgan fingerprint density at radius 3 is 2.29 bits per heavy atom. The van der Waals surface area contributed by atoms with Gasteiger partial charge in [0.2, 0.25) is 0 Å². The molecule has 2 aliphatic rings. The maximum absolute atomic E-state index is 13.7. The number of rotatable bonds is 7. The van der Waals surface area contributed by atoms with Crippen LogP contribution in [0.25, 0.3) is 16.9 Å². The van der Waals surface area contributed by atoms with Crippen LogP contribution in [0.15, 0.2) is 54.7 Å². The van der Waals surface area contributed by atoms with E-state index in [2.05, 4.69) is 28.9 Å². The van der Waals surface area contributed by atoms with E-state index >= 15 is 0 Å². The van der Waals surface area contributed by atoms with E-state index < -0.39 is 0 Å². The van der Waals surface area contributed by atoms with Gasteiger partial charge in [-0.25, -0.2) is 4.68 Å². The molecule has 0 unspecified atom stereocenters. The van der Waals surface area contributed by atoms with E-state index in [1.54, 1.807) is 7.11 Å². The molecule has 1 amide bonds. The Hall–Kier alpha value is -3.16. The number of carbonyl (C=O) groups excluding carboxylic acids is 1. The molecule has 5 rings (SSSR count). The molecule has 3 heterocycles. The largest absolute Gasteiger partial charge is 0.497 e. The van der Waals surface area contributed by atoms with Gasteiger partial charge in [-0.2, -0.15) is 5.10 Å². The Morgan fingerprint density at radius 1 is 0.914 bits per heavy atom. The van der Waals surface area contributed by atoms with Crippen LogP contribution < -0.4 is 4.74 Å². The van der Waals surface area contributed by atoms with Gasteiger partial charge in [0.25, 0.3) is 5.91 Å². The number of aromatic nitrogens is 2. The molecule has 0 bridgehead atoms. The molecule has 0 N–H and O–H groups in total. The molecule has 7 heteroatoms. The summed E-state index contributed by atoms with van der Waals surface area (Å²) in [4.78, 5) is 20.8. The molecule has 0 aliphatic carbocycles. The van der Waals surface area contributed by atoms with Crippen LogP contribution >= 0.6 is 0 Å². The van der Waals surface area contributed by atoms with Crippen molar-refractivity contribution in [3.63, 3.8) is 0 Å². The van der Waals surface area contributed by atoms with Crippen LogP contribution in [-0.2, 0) is 0 Å². The highest BCUT2D eigenvalue weighted by Gasteiger charge is 2.27. The standard InChI is InChI=1S/C28H35N5O2/c1-22-8-10-24(11-9-22)33-21-26(27(29-33)23-6-5-7-25(20-23)35-2)28(34)32-18-16-31(17-19-32)15-14-30-12-3-4-13-30/h5-11,20-21H,3-4,12-19H2,1-2H3. The number of nitrogens with zero attached hydrogens (tertiary/aromatic N) is 5. The van der Waals surface area contributed by atoms with E-state index in [4.69, 9.17) is 9.84 Å². The Labute approximate surface area is 207 Å². The van der Waals surface area contributed by atoms with Crippen molar-refractivity contribution >= 4 is 5.91 Å². The number of ether oxygens (including phenoxy) is 1. The number of amides is 1. The molecule has 7 nitrogen and oxygen atoms in total. The number of likely N-dealkylation sites (tertiary alicyclic amines) is 1. The minimum Gasteiger partial charge on any atom is -0.497 e. The van der Waals surface area contributed by atoms with Gasteiger partial charge in [0.05, 0.1) is 18.4 Å². The van der Waals surface area contributed by atoms with Gasteiger partial charge in [0.15, 0.2) is 0 Å². The minimum absolute atomic E-state index is 0.0420. The van der Waals surface area contributed by atoms with Gasteiger partial charge < -0.3 is 14.5 Å². The third-order valence-electron chi connectivity index (χ3n) is 7.18. The van der Waals surface area contributed by atoms with Gasteiger partial charge in [0, 0.05) is 51.0 Å². The van der Waals surface area contributed by atoms with Crippen LogP contribution in [0.1, 0.15) is 28.8 Å². The Kier molecular flexibility index (Phi) is 7.16. The summed E-state index contributed by atoms with van der Waals surface area (Å²) in [7, 11) is 1.65. The third-order valence-corrected chi connectivity index (χ3v) is 7.18. The van der Waals surface area contributed by atoms with Crippen molar-refractivity contribution in [2.45, 2.75) is 19.8 Å². The van der Waals surface area contributed by atoms with Crippen molar-refractivity contribution in [1.82, 2.24) is 24.5 Å². The lowest BCUT2D eigenvalue weighted by molar-refractivity contribution is 0.0627. The molecule has 3 aromatic rings. The zero-order valence-electron chi connectivity index (χ0n) is 20.8. The zero-order chi connectivity index (χ0) is 24.2. The van der Waals surface area contributed by atoms with E-state index in [-0.39, 0.29) is 5.91 Å². The Balaban J connectivity index is 1.35. The summed E-state index contributed by atoms with van der Waals surface area (Å²) in [5.74, 6) is 0.790. The first-order valence-corrected chi connectivity index (χ1v) is 12.7. The lowest BCUT2D eigenvalue weighted by Gasteiger charge is -2.35. The second-order valence-corrected chi connectivity index (χ2v) is 9.59. The van der Waals surface area contributed by atoms with Crippen LogP contribution in [0.4, 0.5) is 0 Å². The summed E-state index contributed by atoms with van der Waals surface area (Å²) in [6.45, 7) is 10.1. The summed E-state index contributed by atoms with van der Waals surface area (Å²) < 4.78 is 7.24. The second kappa shape index (κ2) is 10.6. The quantitative estimate of drug-likeness (QED) is 0.524. The van der Waals surface area contributed by atoms with Gasteiger partial charge >= 0.3 is 0 Å². The predicted octanol–water partition coefficient (Wildman–Crippen LogP) is 3.71.